The van der Waals surface area contributed by atoms with Crippen molar-refractivity contribution in [3.8, 4) is 5.75 Å². The van der Waals surface area contributed by atoms with Crippen molar-refractivity contribution in [3.05, 3.63) is 47.3 Å². The topological polar surface area (TPSA) is 58.3 Å². The molecule has 1 aliphatic rings. The molecule has 1 aromatic heterocycles. The highest BCUT2D eigenvalue weighted by molar-refractivity contribution is 5.40. The van der Waals surface area contributed by atoms with Gasteiger partial charge in [-0.2, -0.15) is 0 Å². The largest absolute Gasteiger partial charge is 0.508 e. The number of hydrogen-bond acceptors (Lipinski definition) is 4. The molecule has 0 bridgehead atoms. The first-order valence-electron chi connectivity index (χ1n) is 5.77. The van der Waals surface area contributed by atoms with Gasteiger partial charge in [-0.25, -0.2) is 0 Å². The van der Waals surface area contributed by atoms with Crippen LogP contribution < -0.4 is 5.32 Å². The van der Waals surface area contributed by atoms with E-state index < -0.39 is 0 Å². The highest BCUT2D eigenvalue weighted by Crippen LogP contribution is 2.33. The van der Waals surface area contributed by atoms with E-state index in [1.807, 2.05) is 18.2 Å². The number of aromatic nitrogens is 1. The maximum atomic E-state index is 9.42. The molecule has 1 unspecified atom stereocenters. The van der Waals surface area contributed by atoms with Crippen molar-refractivity contribution < 1.29 is 9.63 Å². The smallest absolute Gasteiger partial charge is 0.150 e. The lowest BCUT2D eigenvalue weighted by Crippen LogP contribution is -2.18. The predicted octanol–water partition coefficient (Wildman–Crippen LogP) is 2.16. The van der Waals surface area contributed by atoms with E-state index in [-0.39, 0.29) is 0 Å². The zero-order valence-electron chi connectivity index (χ0n) is 9.39. The lowest BCUT2D eigenvalue weighted by Gasteiger charge is -2.12. The highest BCUT2D eigenvalue weighted by Gasteiger charge is 2.22. The van der Waals surface area contributed by atoms with Gasteiger partial charge in [0.15, 0.2) is 0 Å². The van der Waals surface area contributed by atoms with Gasteiger partial charge >= 0.3 is 0 Å². The van der Waals surface area contributed by atoms with Crippen LogP contribution >= 0.6 is 0 Å². The third-order valence-corrected chi connectivity index (χ3v) is 3.22. The third-order valence-electron chi connectivity index (χ3n) is 3.22. The van der Waals surface area contributed by atoms with Gasteiger partial charge in [0.1, 0.15) is 11.5 Å². The minimum atomic E-state index is 0.343. The van der Waals surface area contributed by atoms with E-state index in [2.05, 4.69) is 10.5 Å². The maximum Gasteiger partial charge on any atom is 0.150 e. The number of fused-ring (bicyclic) bond motifs is 1. The molecule has 1 heterocycles. The minimum Gasteiger partial charge on any atom is -0.508 e. The van der Waals surface area contributed by atoms with Crippen LogP contribution in [-0.4, -0.2) is 10.3 Å². The van der Waals surface area contributed by atoms with Crippen LogP contribution in [-0.2, 0) is 13.0 Å². The van der Waals surface area contributed by atoms with Crippen LogP contribution in [0.3, 0.4) is 0 Å². The number of aromatic hydroxyl groups is 1. The number of nitrogens with zero attached hydrogens (tertiary/aromatic N) is 1. The van der Waals surface area contributed by atoms with E-state index in [1.54, 1.807) is 12.3 Å². The first-order valence-corrected chi connectivity index (χ1v) is 5.77. The van der Waals surface area contributed by atoms with Gasteiger partial charge < -0.3 is 14.9 Å². The molecule has 0 spiro atoms. The van der Waals surface area contributed by atoms with Crippen molar-refractivity contribution in [3.63, 3.8) is 0 Å². The zero-order valence-corrected chi connectivity index (χ0v) is 9.39. The SMILES string of the molecule is Oc1ccc2c(c1)CCC2NCc1ccno1. The Morgan fingerprint density at radius 2 is 2.35 bits per heavy atom. The molecule has 2 N–H and O–H groups in total. The summed E-state index contributed by atoms with van der Waals surface area (Å²) in [5.41, 5.74) is 2.52. The lowest BCUT2D eigenvalue weighted by atomic mass is 10.1. The summed E-state index contributed by atoms with van der Waals surface area (Å²) in [5, 5.41) is 16.5. The van der Waals surface area contributed by atoms with E-state index >= 15 is 0 Å². The van der Waals surface area contributed by atoms with Crippen molar-refractivity contribution >= 4 is 0 Å². The van der Waals surface area contributed by atoms with Crippen molar-refractivity contribution in [1.29, 1.82) is 0 Å². The molecule has 0 saturated carbocycles. The van der Waals surface area contributed by atoms with Gasteiger partial charge in [0.2, 0.25) is 0 Å². The number of nitrogens with one attached hydrogen (secondary N) is 1. The first-order chi connectivity index (χ1) is 8.33. The normalized spacial score (nSPS) is 18.2. The average Bonchev–Trinajstić information content (AvgIpc) is 2.94. The van der Waals surface area contributed by atoms with Gasteiger partial charge in [-0.3, -0.25) is 0 Å². The molecule has 1 aromatic carbocycles. The second-order valence-corrected chi connectivity index (χ2v) is 4.33. The molecule has 1 atom stereocenters. The van der Waals surface area contributed by atoms with E-state index in [0.717, 1.165) is 18.6 Å². The van der Waals surface area contributed by atoms with E-state index in [9.17, 15) is 5.11 Å². The number of phenolic OH excluding ortho intramolecular Hbond substituents is 1. The molecule has 0 fully saturated rings. The number of benzene rings is 1. The summed E-state index contributed by atoms with van der Waals surface area (Å²) < 4.78 is 5.05. The highest BCUT2D eigenvalue weighted by atomic mass is 16.5. The molecule has 88 valence electrons. The van der Waals surface area contributed by atoms with Gasteiger partial charge in [-0.1, -0.05) is 11.2 Å². The Morgan fingerprint density at radius 1 is 1.41 bits per heavy atom. The molecular weight excluding hydrogens is 216 g/mol. The quantitative estimate of drug-likeness (QED) is 0.848. The van der Waals surface area contributed by atoms with Crippen molar-refractivity contribution in [2.75, 3.05) is 0 Å². The summed E-state index contributed by atoms with van der Waals surface area (Å²) in [6.07, 6.45) is 3.72. The van der Waals surface area contributed by atoms with Crippen LogP contribution in [0.15, 0.2) is 35.0 Å². The molecule has 4 nitrogen and oxygen atoms in total. The predicted molar refractivity (Wildman–Crippen MR) is 62.5 cm³/mol. The van der Waals surface area contributed by atoms with Crippen LogP contribution in [0.25, 0.3) is 0 Å². The average molecular weight is 230 g/mol. The molecule has 1 aliphatic carbocycles. The lowest BCUT2D eigenvalue weighted by molar-refractivity contribution is 0.363. The Bertz CT molecular complexity index is 508. The van der Waals surface area contributed by atoms with Crippen LogP contribution in [0.2, 0.25) is 0 Å². The van der Waals surface area contributed by atoms with Gasteiger partial charge in [-0.05, 0) is 36.1 Å². The molecule has 0 saturated heterocycles. The molecule has 4 heteroatoms. The number of hydrogen-bond donors (Lipinski definition) is 2. The van der Waals surface area contributed by atoms with Gasteiger partial charge in [0.05, 0.1) is 12.7 Å². The fourth-order valence-corrected chi connectivity index (χ4v) is 2.37. The third kappa shape index (κ3) is 2.03. The first kappa shape index (κ1) is 10.4. The summed E-state index contributed by atoms with van der Waals surface area (Å²) in [6.45, 7) is 0.685. The standard InChI is InChI=1S/C13H14N2O2/c16-10-2-3-12-9(7-10)1-4-13(12)14-8-11-5-6-15-17-11/h2-3,5-7,13-14,16H,1,4,8H2. The number of phenols is 1. The molecule has 3 rings (SSSR count). The fourth-order valence-electron chi connectivity index (χ4n) is 2.37. The molecule has 17 heavy (non-hydrogen) atoms. The second-order valence-electron chi connectivity index (χ2n) is 4.33. The zero-order chi connectivity index (χ0) is 11.7. The van der Waals surface area contributed by atoms with E-state index in [1.165, 1.54) is 11.1 Å². The number of aryl methyl sites for hydroxylation is 1. The van der Waals surface area contributed by atoms with E-state index in [4.69, 9.17) is 4.52 Å². The molecular formula is C13H14N2O2. The van der Waals surface area contributed by atoms with Gasteiger partial charge in [0, 0.05) is 12.1 Å². The summed E-state index contributed by atoms with van der Waals surface area (Å²) in [6, 6.07) is 7.80. The summed E-state index contributed by atoms with van der Waals surface area (Å²) in [7, 11) is 0. The molecule has 2 aromatic rings. The minimum absolute atomic E-state index is 0.343. The Hall–Kier alpha value is -1.81. The summed E-state index contributed by atoms with van der Waals surface area (Å²) >= 11 is 0. The Morgan fingerprint density at radius 3 is 3.18 bits per heavy atom. The maximum absolute atomic E-state index is 9.42. The second kappa shape index (κ2) is 4.22. The van der Waals surface area contributed by atoms with Gasteiger partial charge in [-0.15, -0.1) is 0 Å². The van der Waals surface area contributed by atoms with Gasteiger partial charge in [0.25, 0.3) is 0 Å². The van der Waals surface area contributed by atoms with Crippen LogP contribution in [0, 0.1) is 0 Å². The Balaban J connectivity index is 1.71. The van der Waals surface area contributed by atoms with Crippen molar-refractivity contribution in [2.24, 2.45) is 0 Å². The molecule has 0 aliphatic heterocycles. The Labute approximate surface area is 99.3 Å². The van der Waals surface area contributed by atoms with Crippen molar-refractivity contribution in [2.45, 2.75) is 25.4 Å². The summed E-state index contributed by atoms with van der Waals surface area (Å²) in [5.74, 6) is 1.19. The molecule has 0 amide bonds. The van der Waals surface area contributed by atoms with Crippen molar-refractivity contribution in [1.82, 2.24) is 10.5 Å². The van der Waals surface area contributed by atoms with Crippen LogP contribution in [0.4, 0.5) is 0 Å². The van der Waals surface area contributed by atoms with E-state index in [0.29, 0.717) is 18.3 Å². The van der Waals surface area contributed by atoms with Crippen LogP contribution in [0.5, 0.6) is 5.75 Å². The van der Waals surface area contributed by atoms with Crippen LogP contribution in [0.1, 0.15) is 29.3 Å². The monoisotopic (exact) mass is 230 g/mol. The summed E-state index contributed by atoms with van der Waals surface area (Å²) in [4.78, 5) is 0. The number of rotatable bonds is 3. The Kier molecular flexibility index (Phi) is 2.57. The fraction of sp³-hybridized carbons (Fsp3) is 0.308. The molecule has 0 radical (unpaired) electrons.